The molecule has 23 heavy (non-hydrogen) atoms. The normalized spacial score (nSPS) is 15.2. The molecule has 0 aromatic carbocycles. The Hall–Kier alpha value is -2.63. The molecule has 1 aliphatic heterocycles. The van der Waals surface area contributed by atoms with Crippen molar-refractivity contribution in [3.05, 3.63) is 35.8 Å². The fourth-order valence-corrected chi connectivity index (χ4v) is 3.20. The molecular weight excluding hydrogens is 290 g/mol. The first-order chi connectivity index (χ1) is 11.0. The van der Waals surface area contributed by atoms with Crippen LogP contribution in [0.1, 0.15) is 24.1 Å². The van der Waals surface area contributed by atoms with Gasteiger partial charge in [0.1, 0.15) is 5.65 Å². The van der Waals surface area contributed by atoms with E-state index in [1.54, 1.807) is 6.92 Å². The standard InChI is InChI=1S/C17H19N5O/c1-10-6-18-17-14(10)4-12(7-19-17)15-5-16(21(3)20-15)13-8-22(9-13)11(2)23/h4-7,13H,8-9H2,1-3H3,(H,18,19). The van der Waals surface area contributed by atoms with E-state index >= 15 is 0 Å². The van der Waals surface area contributed by atoms with Crippen molar-refractivity contribution in [1.29, 1.82) is 0 Å². The summed E-state index contributed by atoms with van der Waals surface area (Å²) in [7, 11) is 1.96. The van der Waals surface area contributed by atoms with Crippen LogP contribution in [0.2, 0.25) is 0 Å². The lowest BCUT2D eigenvalue weighted by molar-refractivity contribution is -0.133. The SMILES string of the molecule is CC(=O)N1CC(c2cc(-c3cnc4[nH]cc(C)c4c3)nn2C)C1. The lowest BCUT2D eigenvalue weighted by Gasteiger charge is -2.38. The Morgan fingerprint density at radius 3 is 2.87 bits per heavy atom. The summed E-state index contributed by atoms with van der Waals surface area (Å²) in [5.41, 5.74) is 5.20. The van der Waals surface area contributed by atoms with Gasteiger partial charge in [0.25, 0.3) is 0 Å². The average molecular weight is 309 g/mol. The number of aryl methyl sites for hydroxylation is 2. The van der Waals surface area contributed by atoms with Crippen LogP contribution in [-0.2, 0) is 11.8 Å². The molecular formula is C17H19N5O. The van der Waals surface area contributed by atoms with Crippen LogP contribution in [0.3, 0.4) is 0 Å². The summed E-state index contributed by atoms with van der Waals surface area (Å²) < 4.78 is 1.92. The minimum Gasteiger partial charge on any atom is -0.346 e. The Morgan fingerprint density at radius 1 is 1.35 bits per heavy atom. The average Bonchev–Trinajstić information content (AvgIpc) is 3.01. The largest absolute Gasteiger partial charge is 0.346 e. The van der Waals surface area contributed by atoms with Gasteiger partial charge in [0.05, 0.1) is 5.69 Å². The number of pyridine rings is 1. The maximum atomic E-state index is 11.3. The minimum absolute atomic E-state index is 0.140. The van der Waals surface area contributed by atoms with Gasteiger partial charge in [0.15, 0.2) is 0 Å². The van der Waals surface area contributed by atoms with E-state index in [-0.39, 0.29) is 5.91 Å². The second-order valence-corrected chi connectivity index (χ2v) is 6.29. The summed E-state index contributed by atoms with van der Waals surface area (Å²) in [6, 6.07) is 4.25. The van der Waals surface area contributed by atoms with Crippen molar-refractivity contribution in [2.24, 2.45) is 7.05 Å². The predicted molar refractivity (Wildman–Crippen MR) is 88.0 cm³/mol. The second-order valence-electron chi connectivity index (χ2n) is 6.29. The number of likely N-dealkylation sites (tertiary alicyclic amines) is 1. The summed E-state index contributed by atoms with van der Waals surface area (Å²) in [5.74, 6) is 0.511. The van der Waals surface area contributed by atoms with E-state index in [4.69, 9.17) is 0 Å². The lowest BCUT2D eigenvalue weighted by atomic mass is 9.95. The molecule has 0 radical (unpaired) electrons. The van der Waals surface area contributed by atoms with Crippen LogP contribution in [0.15, 0.2) is 24.5 Å². The first kappa shape index (κ1) is 14.0. The summed E-state index contributed by atoms with van der Waals surface area (Å²) >= 11 is 0. The van der Waals surface area contributed by atoms with E-state index < -0.39 is 0 Å². The smallest absolute Gasteiger partial charge is 0.219 e. The summed E-state index contributed by atoms with van der Waals surface area (Å²) in [6.07, 6.45) is 3.82. The van der Waals surface area contributed by atoms with E-state index in [9.17, 15) is 4.79 Å². The molecule has 4 heterocycles. The Labute approximate surface area is 134 Å². The Kier molecular flexibility index (Phi) is 3.01. The molecule has 0 bridgehead atoms. The highest BCUT2D eigenvalue weighted by atomic mass is 16.2. The van der Waals surface area contributed by atoms with Crippen LogP contribution in [0.5, 0.6) is 0 Å². The van der Waals surface area contributed by atoms with Crippen molar-refractivity contribution >= 4 is 16.9 Å². The number of hydrogen-bond donors (Lipinski definition) is 1. The van der Waals surface area contributed by atoms with E-state index in [1.165, 1.54) is 11.3 Å². The molecule has 118 valence electrons. The van der Waals surface area contributed by atoms with Crippen molar-refractivity contribution in [1.82, 2.24) is 24.6 Å². The number of fused-ring (bicyclic) bond motifs is 1. The highest BCUT2D eigenvalue weighted by Crippen LogP contribution is 2.30. The zero-order valence-corrected chi connectivity index (χ0v) is 13.5. The number of amides is 1. The van der Waals surface area contributed by atoms with Crippen molar-refractivity contribution in [2.75, 3.05) is 13.1 Å². The number of H-pyrrole nitrogens is 1. The molecule has 1 N–H and O–H groups in total. The molecule has 0 unspecified atom stereocenters. The summed E-state index contributed by atoms with van der Waals surface area (Å²) in [6.45, 7) is 5.24. The molecule has 1 fully saturated rings. The number of nitrogens with zero attached hydrogens (tertiary/aromatic N) is 4. The third-order valence-electron chi connectivity index (χ3n) is 4.69. The molecule has 4 rings (SSSR count). The fraction of sp³-hybridized carbons (Fsp3) is 0.353. The second kappa shape index (κ2) is 4.94. The van der Waals surface area contributed by atoms with E-state index in [2.05, 4.69) is 34.1 Å². The highest BCUT2D eigenvalue weighted by Gasteiger charge is 2.32. The number of aromatic amines is 1. The molecule has 0 spiro atoms. The number of carbonyl (C=O) groups is 1. The van der Waals surface area contributed by atoms with Gasteiger partial charge < -0.3 is 9.88 Å². The molecule has 0 atom stereocenters. The maximum absolute atomic E-state index is 11.3. The lowest BCUT2D eigenvalue weighted by Crippen LogP contribution is -2.48. The van der Waals surface area contributed by atoms with Gasteiger partial charge in [0.2, 0.25) is 5.91 Å². The number of aromatic nitrogens is 4. The van der Waals surface area contributed by atoms with Crippen molar-refractivity contribution < 1.29 is 4.79 Å². The molecule has 6 nitrogen and oxygen atoms in total. The highest BCUT2D eigenvalue weighted by molar-refractivity contribution is 5.83. The van der Waals surface area contributed by atoms with Crippen LogP contribution < -0.4 is 0 Å². The molecule has 6 heteroatoms. The molecule has 3 aromatic rings. The fourth-order valence-electron chi connectivity index (χ4n) is 3.20. The molecule has 0 saturated carbocycles. The number of carbonyl (C=O) groups excluding carboxylic acids is 1. The van der Waals surface area contributed by atoms with Gasteiger partial charge in [-0.1, -0.05) is 0 Å². The number of rotatable bonds is 2. The Morgan fingerprint density at radius 2 is 2.13 bits per heavy atom. The first-order valence-electron chi connectivity index (χ1n) is 7.76. The minimum atomic E-state index is 0.140. The number of hydrogen-bond acceptors (Lipinski definition) is 3. The van der Waals surface area contributed by atoms with E-state index in [0.717, 1.165) is 35.4 Å². The Bertz CT molecular complexity index is 901. The third kappa shape index (κ3) is 2.21. The zero-order chi connectivity index (χ0) is 16.1. The predicted octanol–water partition coefficient (Wildman–Crippen LogP) is 2.22. The van der Waals surface area contributed by atoms with Gasteiger partial charge in [0, 0.05) is 62.0 Å². The van der Waals surface area contributed by atoms with Gasteiger partial charge in [-0.15, -0.1) is 0 Å². The summed E-state index contributed by atoms with van der Waals surface area (Å²) in [4.78, 5) is 20.8. The number of nitrogens with one attached hydrogen (secondary N) is 1. The van der Waals surface area contributed by atoms with Gasteiger partial charge in [-0.25, -0.2) is 4.98 Å². The van der Waals surface area contributed by atoms with Crippen LogP contribution in [-0.4, -0.2) is 43.6 Å². The van der Waals surface area contributed by atoms with Gasteiger partial charge in [-0.2, -0.15) is 5.10 Å². The monoisotopic (exact) mass is 309 g/mol. The molecule has 1 amide bonds. The van der Waals surface area contributed by atoms with Crippen LogP contribution >= 0.6 is 0 Å². The van der Waals surface area contributed by atoms with Crippen molar-refractivity contribution in [3.8, 4) is 11.3 Å². The third-order valence-corrected chi connectivity index (χ3v) is 4.69. The van der Waals surface area contributed by atoms with Crippen LogP contribution in [0.4, 0.5) is 0 Å². The molecule has 1 aliphatic rings. The van der Waals surface area contributed by atoms with Gasteiger partial charge in [-0.3, -0.25) is 9.48 Å². The van der Waals surface area contributed by atoms with E-state index in [0.29, 0.717) is 5.92 Å². The topological polar surface area (TPSA) is 66.8 Å². The van der Waals surface area contributed by atoms with Crippen LogP contribution in [0.25, 0.3) is 22.3 Å². The summed E-state index contributed by atoms with van der Waals surface area (Å²) in [5, 5.41) is 5.76. The molecule has 0 aliphatic carbocycles. The van der Waals surface area contributed by atoms with E-state index in [1.807, 2.05) is 29.0 Å². The van der Waals surface area contributed by atoms with Crippen molar-refractivity contribution in [3.63, 3.8) is 0 Å². The molecule has 1 saturated heterocycles. The zero-order valence-electron chi connectivity index (χ0n) is 13.5. The Balaban J connectivity index is 1.66. The van der Waals surface area contributed by atoms with Crippen LogP contribution in [0, 0.1) is 6.92 Å². The van der Waals surface area contributed by atoms with Gasteiger partial charge in [-0.05, 0) is 24.6 Å². The maximum Gasteiger partial charge on any atom is 0.219 e. The quantitative estimate of drug-likeness (QED) is 0.789. The van der Waals surface area contributed by atoms with Gasteiger partial charge >= 0.3 is 0 Å². The molecule has 3 aromatic heterocycles. The first-order valence-corrected chi connectivity index (χ1v) is 7.76. The van der Waals surface area contributed by atoms with Crippen molar-refractivity contribution in [2.45, 2.75) is 19.8 Å².